The Labute approximate surface area is 81.4 Å². The van der Waals surface area contributed by atoms with Gasteiger partial charge in [0, 0.05) is 12.8 Å². The highest BCUT2D eigenvalue weighted by Crippen LogP contribution is 2.10. The van der Waals surface area contributed by atoms with E-state index in [9.17, 15) is 14.4 Å². The van der Waals surface area contributed by atoms with Crippen molar-refractivity contribution in [2.45, 2.75) is 12.8 Å². The van der Waals surface area contributed by atoms with Crippen LogP contribution in [0.25, 0.3) is 0 Å². The summed E-state index contributed by atoms with van der Waals surface area (Å²) >= 11 is 0. The maximum atomic E-state index is 11.1. The van der Waals surface area contributed by atoms with Crippen LogP contribution in [0.5, 0.6) is 0 Å². The molecule has 0 saturated carbocycles. The van der Waals surface area contributed by atoms with E-state index in [1.807, 2.05) is 0 Å². The molecule has 1 fully saturated rings. The zero-order chi connectivity index (χ0) is 10.6. The number of carbonyl (C=O) groups excluding carboxylic acids is 3. The fourth-order valence-corrected chi connectivity index (χ4v) is 1.15. The summed E-state index contributed by atoms with van der Waals surface area (Å²) in [5, 5.41) is 2.38. The second-order valence-corrected chi connectivity index (χ2v) is 2.85. The molecular formula is C9H10N2O3. The molecule has 1 aliphatic rings. The maximum Gasteiger partial charge on any atom is 0.240 e. The van der Waals surface area contributed by atoms with Gasteiger partial charge in [-0.3, -0.25) is 19.3 Å². The summed E-state index contributed by atoms with van der Waals surface area (Å²) in [4.78, 5) is 34.2. The molecule has 0 aromatic rings. The van der Waals surface area contributed by atoms with Gasteiger partial charge >= 0.3 is 0 Å². The number of carbonyl (C=O) groups is 3. The molecule has 5 heteroatoms. The molecule has 1 aliphatic heterocycles. The van der Waals surface area contributed by atoms with Crippen molar-refractivity contribution in [2.24, 2.45) is 0 Å². The maximum absolute atomic E-state index is 11.1. The molecule has 1 rings (SSSR count). The average molecular weight is 194 g/mol. The highest BCUT2D eigenvalue weighted by atomic mass is 16.2. The predicted molar refractivity (Wildman–Crippen MR) is 47.8 cm³/mol. The number of imide groups is 1. The minimum Gasteiger partial charge on any atom is -0.344 e. The summed E-state index contributed by atoms with van der Waals surface area (Å²) in [5.41, 5.74) is 0. The number of amides is 3. The smallest absolute Gasteiger partial charge is 0.240 e. The standard InChI is InChI=1S/C9H10N2O3/c1-2-5-10-7(12)6-11-8(13)3-4-9(11)14/h1H,3-6H2,(H,10,12). The first-order valence-corrected chi connectivity index (χ1v) is 4.18. The lowest BCUT2D eigenvalue weighted by atomic mass is 10.4. The van der Waals surface area contributed by atoms with Crippen LogP contribution in [-0.2, 0) is 14.4 Å². The SMILES string of the molecule is C#CCNC(=O)CN1C(=O)CCC1=O. The molecule has 1 saturated heterocycles. The van der Waals surface area contributed by atoms with E-state index in [-0.39, 0.29) is 37.7 Å². The molecule has 3 amide bonds. The second kappa shape index (κ2) is 4.42. The third-order valence-corrected chi connectivity index (χ3v) is 1.84. The van der Waals surface area contributed by atoms with Crippen LogP contribution >= 0.6 is 0 Å². The summed E-state index contributed by atoms with van der Waals surface area (Å²) in [5.74, 6) is 1.21. The Bertz CT molecular complexity index is 301. The van der Waals surface area contributed by atoms with Crippen molar-refractivity contribution >= 4 is 17.7 Å². The van der Waals surface area contributed by atoms with Crippen molar-refractivity contribution in [3.8, 4) is 12.3 Å². The van der Waals surface area contributed by atoms with Gasteiger partial charge in [0.1, 0.15) is 6.54 Å². The zero-order valence-electron chi connectivity index (χ0n) is 7.58. The Morgan fingerprint density at radius 3 is 2.50 bits per heavy atom. The van der Waals surface area contributed by atoms with Crippen LogP contribution in [0.15, 0.2) is 0 Å². The normalized spacial score (nSPS) is 15.5. The molecule has 0 atom stereocenters. The van der Waals surface area contributed by atoms with Gasteiger partial charge in [-0.15, -0.1) is 6.42 Å². The highest BCUT2D eigenvalue weighted by Gasteiger charge is 2.30. The Kier molecular flexibility index (Phi) is 3.24. The molecule has 0 aromatic heterocycles. The van der Waals surface area contributed by atoms with Gasteiger partial charge in [0.2, 0.25) is 17.7 Å². The van der Waals surface area contributed by atoms with Crippen LogP contribution < -0.4 is 5.32 Å². The Hall–Kier alpha value is -1.83. The average Bonchev–Trinajstić information content (AvgIpc) is 2.46. The van der Waals surface area contributed by atoms with Gasteiger partial charge in [-0.05, 0) is 0 Å². The summed E-state index contributed by atoms with van der Waals surface area (Å²) in [6, 6.07) is 0. The summed E-state index contributed by atoms with van der Waals surface area (Å²) in [6.07, 6.45) is 5.32. The molecule has 14 heavy (non-hydrogen) atoms. The molecule has 74 valence electrons. The van der Waals surface area contributed by atoms with E-state index < -0.39 is 5.91 Å². The number of hydrogen-bond acceptors (Lipinski definition) is 3. The largest absolute Gasteiger partial charge is 0.344 e. The third kappa shape index (κ3) is 2.33. The van der Waals surface area contributed by atoms with Crippen molar-refractivity contribution in [1.29, 1.82) is 0 Å². The first-order valence-electron chi connectivity index (χ1n) is 4.18. The molecule has 0 radical (unpaired) electrons. The molecule has 0 bridgehead atoms. The van der Waals surface area contributed by atoms with E-state index in [1.165, 1.54) is 0 Å². The molecule has 1 N–H and O–H groups in total. The van der Waals surface area contributed by atoms with Gasteiger partial charge in [-0.2, -0.15) is 0 Å². The fourth-order valence-electron chi connectivity index (χ4n) is 1.15. The number of nitrogens with one attached hydrogen (secondary N) is 1. The van der Waals surface area contributed by atoms with E-state index in [0.29, 0.717) is 0 Å². The third-order valence-electron chi connectivity index (χ3n) is 1.84. The molecular weight excluding hydrogens is 184 g/mol. The highest BCUT2D eigenvalue weighted by molar-refractivity contribution is 6.04. The van der Waals surface area contributed by atoms with Gasteiger partial charge < -0.3 is 5.32 Å². The Morgan fingerprint density at radius 1 is 1.43 bits per heavy atom. The molecule has 5 nitrogen and oxygen atoms in total. The van der Waals surface area contributed by atoms with E-state index in [4.69, 9.17) is 6.42 Å². The lowest BCUT2D eigenvalue weighted by molar-refractivity contribution is -0.142. The second-order valence-electron chi connectivity index (χ2n) is 2.85. The Morgan fingerprint density at radius 2 is 2.00 bits per heavy atom. The quantitative estimate of drug-likeness (QED) is 0.457. The minimum absolute atomic E-state index is 0.106. The fraction of sp³-hybridized carbons (Fsp3) is 0.444. The van der Waals surface area contributed by atoms with Gasteiger partial charge in [0.25, 0.3) is 0 Å². The first kappa shape index (κ1) is 10.3. The lowest BCUT2D eigenvalue weighted by Crippen LogP contribution is -2.40. The molecule has 0 unspecified atom stereocenters. The first-order chi connectivity index (χ1) is 6.65. The van der Waals surface area contributed by atoms with Crippen molar-refractivity contribution in [1.82, 2.24) is 10.2 Å². The topological polar surface area (TPSA) is 66.5 Å². The van der Waals surface area contributed by atoms with Crippen molar-refractivity contribution < 1.29 is 14.4 Å². The minimum atomic E-state index is -0.411. The number of terminal acetylenes is 1. The molecule has 1 heterocycles. The number of likely N-dealkylation sites (tertiary alicyclic amines) is 1. The predicted octanol–water partition coefficient (Wildman–Crippen LogP) is -1.12. The van der Waals surface area contributed by atoms with Crippen LogP contribution in [0.3, 0.4) is 0 Å². The van der Waals surface area contributed by atoms with Gasteiger partial charge in [0.15, 0.2) is 0 Å². The van der Waals surface area contributed by atoms with Crippen molar-refractivity contribution in [3.63, 3.8) is 0 Å². The zero-order valence-corrected chi connectivity index (χ0v) is 7.58. The van der Waals surface area contributed by atoms with Crippen LogP contribution in [0.1, 0.15) is 12.8 Å². The molecule has 0 aromatic carbocycles. The van der Waals surface area contributed by atoms with Gasteiger partial charge in [-0.25, -0.2) is 0 Å². The van der Waals surface area contributed by atoms with E-state index >= 15 is 0 Å². The summed E-state index contributed by atoms with van der Waals surface area (Å²) in [6.45, 7) is -0.117. The van der Waals surface area contributed by atoms with E-state index in [2.05, 4.69) is 11.2 Å². The van der Waals surface area contributed by atoms with Crippen molar-refractivity contribution in [3.05, 3.63) is 0 Å². The lowest BCUT2D eigenvalue weighted by Gasteiger charge is -2.12. The molecule has 0 aliphatic carbocycles. The van der Waals surface area contributed by atoms with Crippen LogP contribution in [-0.4, -0.2) is 35.7 Å². The number of rotatable bonds is 3. The van der Waals surface area contributed by atoms with E-state index in [1.54, 1.807) is 0 Å². The number of hydrogen-bond donors (Lipinski definition) is 1. The van der Waals surface area contributed by atoms with Crippen LogP contribution in [0.2, 0.25) is 0 Å². The van der Waals surface area contributed by atoms with Crippen LogP contribution in [0, 0.1) is 12.3 Å². The summed E-state index contributed by atoms with van der Waals surface area (Å²) in [7, 11) is 0. The monoisotopic (exact) mass is 194 g/mol. The molecule has 0 spiro atoms. The Balaban J connectivity index is 2.44. The van der Waals surface area contributed by atoms with Crippen molar-refractivity contribution in [2.75, 3.05) is 13.1 Å². The number of nitrogens with zero attached hydrogens (tertiary/aromatic N) is 1. The summed E-state index contributed by atoms with van der Waals surface area (Å²) < 4.78 is 0. The van der Waals surface area contributed by atoms with E-state index in [0.717, 1.165) is 4.90 Å². The van der Waals surface area contributed by atoms with Gasteiger partial charge in [0.05, 0.1) is 6.54 Å². The van der Waals surface area contributed by atoms with Gasteiger partial charge in [-0.1, -0.05) is 5.92 Å². The van der Waals surface area contributed by atoms with Crippen LogP contribution in [0.4, 0.5) is 0 Å².